The van der Waals surface area contributed by atoms with Gasteiger partial charge in [-0.1, -0.05) is 13.8 Å². The highest BCUT2D eigenvalue weighted by molar-refractivity contribution is 7.91. The van der Waals surface area contributed by atoms with Crippen LogP contribution in [0.25, 0.3) is 0 Å². The molecule has 1 heterocycles. The number of rotatable bonds is 7. The van der Waals surface area contributed by atoms with Crippen molar-refractivity contribution in [1.29, 1.82) is 0 Å². The van der Waals surface area contributed by atoms with E-state index in [9.17, 15) is 13.2 Å². The van der Waals surface area contributed by atoms with Crippen molar-refractivity contribution in [2.75, 3.05) is 38.1 Å². The second-order valence-corrected chi connectivity index (χ2v) is 6.86. The van der Waals surface area contributed by atoms with E-state index >= 15 is 0 Å². The van der Waals surface area contributed by atoms with Gasteiger partial charge in [-0.05, 0) is 31.8 Å². The molecule has 7 nitrogen and oxygen atoms in total. The van der Waals surface area contributed by atoms with Crippen LogP contribution in [0, 0.1) is 0 Å². The first-order chi connectivity index (χ1) is 18.4. The highest BCUT2D eigenvalue weighted by Crippen LogP contribution is 2.29. The van der Waals surface area contributed by atoms with E-state index in [0.29, 0.717) is 0 Å². The van der Waals surface area contributed by atoms with Crippen molar-refractivity contribution < 1.29 is 41.3 Å². The number of nitrogen functional groups attached to an aromatic ring is 1. The minimum atomic E-state index is -4.46. The number of likely N-dealkylation sites (N-methyl/N-ethyl adjacent to an activating group) is 1. The number of sulfone groups is 1. The third-order valence-electron chi connectivity index (χ3n) is 3.15. The van der Waals surface area contributed by atoms with Crippen LogP contribution in [0.4, 0.5) is 5.69 Å². The average molecular weight is 387 g/mol. The van der Waals surface area contributed by atoms with Crippen LogP contribution >= 0.6 is 0 Å². The molecule has 25 heavy (non-hydrogen) atoms. The maximum Gasteiger partial charge on any atom is 0.255 e. The summed E-state index contributed by atoms with van der Waals surface area (Å²) in [4.78, 5) is 11.8. The van der Waals surface area contributed by atoms with Crippen molar-refractivity contribution >= 4 is 21.4 Å². The van der Waals surface area contributed by atoms with Gasteiger partial charge in [0.2, 0.25) is 0 Å². The van der Waals surface area contributed by atoms with Gasteiger partial charge in [-0.3, -0.25) is 9.69 Å². The summed E-state index contributed by atoms with van der Waals surface area (Å²) in [5.41, 5.74) is 3.49. The van der Waals surface area contributed by atoms with Crippen LogP contribution in [0.1, 0.15) is 60.2 Å². The Hall–Kier alpha value is -1.80. The van der Waals surface area contributed by atoms with Crippen LogP contribution in [0.3, 0.4) is 0 Å². The normalized spacial score (nSPS) is 38.8. The first-order valence-corrected chi connectivity index (χ1v) is 8.46. The zero-order chi connectivity index (χ0) is 33.4. The number of nitrogens with zero attached hydrogens (tertiary/aromatic N) is 1. The average Bonchev–Trinajstić information content (AvgIpc) is 2.86. The van der Waals surface area contributed by atoms with Gasteiger partial charge in [0, 0.05) is 35.1 Å². The number of likely N-dealkylation sites (tertiary alicyclic amines) is 1. The van der Waals surface area contributed by atoms with Gasteiger partial charge < -0.3 is 15.8 Å². The molecule has 0 radical (unpaired) electrons. The Balaban J connectivity index is 2.83. The van der Waals surface area contributed by atoms with Crippen molar-refractivity contribution in [3.8, 4) is 5.75 Å². The smallest absolute Gasteiger partial charge is 0.255 e. The summed E-state index contributed by atoms with van der Waals surface area (Å²) in [7, 11) is -7.86. The van der Waals surface area contributed by atoms with Crippen molar-refractivity contribution in [3.63, 3.8) is 0 Å². The molecular weight excluding hydrogens is 342 g/mol. The van der Waals surface area contributed by atoms with E-state index in [1.807, 2.05) is 0 Å². The lowest BCUT2D eigenvalue weighted by atomic mass is 10.1. The number of anilines is 1. The lowest BCUT2D eigenvalue weighted by molar-refractivity contribution is 0.0938. The minimum Gasteiger partial charge on any atom is -0.496 e. The summed E-state index contributed by atoms with van der Waals surface area (Å²) in [6, 6.07) is -6.00. The molecule has 1 amide bonds. The molecule has 1 fully saturated rings. The van der Waals surface area contributed by atoms with Gasteiger partial charge in [0.15, 0.2) is 9.84 Å². The number of methoxy groups -OCH3 is 1. The third-order valence-corrected chi connectivity index (χ3v) is 4.86. The Kier molecular flexibility index (Phi) is 2.17. The largest absolute Gasteiger partial charge is 0.496 e. The van der Waals surface area contributed by atoms with Crippen molar-refractivity contribution in [2.45, 2.75) is 37.4 Å². The van der Waals surface area contributed by atoms with Crippen molar-refractivity contribution in [3.05, 3.63) is 17.6 Å². The molecular formula is C17H27N3O4S. The van der Waals surface area contributed by atoms with Crippen LogP contribution in [-0.4, -0.2) is 57.6 Å². The van der Waals surface area contributed by atoms with Gasteiger partial charge in [0.25, 0.3) is 5.91 Å². The summed E-state index contributed by atoms with van der Waals surface area (Å²) >= 11 is 0. The first kappa shape index (κ1) is 6.74. The SMILES string of the molecule is [2H]c1c(N)c(S(=O)(=O)CC)c([2H])c(C(=O)NCC2([2H])N(C([2H])([2H])C([2H])([2H])[2H])C([2H])([2H])C([2H])([2H])C2([2H])[2H])c1OC([2H])([2H])[2H]. The fraction of sp³-hybridized carbons (Fsp3) is 0.588. The number of ether oxygens (including phenoxy) is 1. The molecule has 8 heteroatoms. The van der Waals surface area contributed by atoms with E-state index in [0.717, 1.165) is 6.92 Å². The molecule has 0 saturated carbocycles. The summed E-state index contributed by atoms with van der Waals surface area (Å²) < 4.78 is 164. The number of nitrogens with one attached hydrogen (secondary N) is 1. The molecule has 1 unspecified atom stereocenters. The number of nitrogens with two attached hydrogens (primary N) is 1. The van der Waals surface area contributed by atoms with E-state index in [2.05, 4.69) is 4.74 Å². The van der Waals surface area contributed by atoms with Gasteiger partial charge in [-0.25, -0.2) is 8.42 Å². The first-order valence-electron chi connectivity index (χ1n) is 15.3. The van der Waals surface area contributed by atoms with Gasteiger partial charge in [-0.15, -0.1) is 0 Å². The van der Waals surface area contributed by atoms with Gasteiger partial charge in [0.1, 0.15) is 5.75 Å². The Morgan fingerprint density at radius 3 is 3.16 bits per heavy atom. The second kappa shape index (κ2) is 8.05. The highest BCUT2D eigenvalue weighted by Gasteiger charge is 2.25. The molecule has 0 aromatic heterocycles. The standard InChI is InChI=1S/C17H27N3O4S/c1-4-20-8-6-7-12(20)11-19-17(21)13-9-16(25(22,23)5-2)14(18)10-15(13)24-3/h9-10,12H,4-8,11,18H2,1-3H3,(H,19,21)/i1D3,3D3,4D2,6D2,7D2,8D2,9D,10D,12D. The Morgan fingerprint density at radius 1 is 1.68 bits per heavy atom. The van der Waals surface area contributed by atoms with Crippen molar-refractivity contribution in [2.24, 2.45) is 0 Å². The zero-order valence-corrected chi connectivity index (χ0v) is 13.8. The van der Waals surface area contributed by atoms with Crippen LogP contribution in [0.5, 0.6) is 5.75 Å². The minimum absolute atomic E-state index is 0.520. The fourth-order valence-corrected chi connectivity index (χ4v) is 2.79. The lowest BCUT2D eigenvalue weighted by Crippen LogP contribution is -2.40. The quantitative estimate of drug-likeness (QED) is 0.685. The molecule has 1 aromatic carbocycles. The van der Waals surface area contributed by atoms with E-state index in [4.69, 9.17) is 29.0 Å². The molecule has 0 bridgehead atoms. The Bertz CT molecular complexity index is 1380. The molecule has 140 valence electrons. The lowest BCUT2D eigenvalue weighted by Gasteiger charge is -2.23. The van der Waals surface area contributed by atoms with Crippen LogP contribution < -0.4 is 15.8 Å². The number of benzene rings is 1. The predicted octanol–water partition coefficient (Wildman–Crippen LogP) is 1.29. The molecule has 2 rings (SSSR count). The monoisotopic (exact) mass is 386 g/mol. The molecule has 1 aliphatic rings. The second-order valence-electron chi connectivity index (χ2n) is 4.64. The van der Waals surface area contributed by atoms with Gasteiger partial charge >= 0.3 is 0 Å². The molecule has 1 aliphatic heterocycles. The van der Waals surface area contributed by atoms with Crippen molar-refractivity contribution in [1.82, 2.24) is 10.2 Å². The number of hydrogen-bond acceptors (Lipinski definition) is 6. The van der Waals surface area contributed by atoms with Gasteiger partial charge in [0.05, 0.1) is 35.8 Å². The van der Waals surface area contributed by atoms with Crippen LogP contribution in [-0.2, 0) is 9.84 Å². The topological polar surface area (TPSA) is 102 Å². The van der Waals surface area contributed by atoms with E-state index in [-0.39, 0.29) is 0 Å². The summed E-state index contributed by atoms with van der Waals surface area (Å²) in [5, 5.41) is 1.78. The fourth-order valence-electron chi connectivity index (χ4n) is 1.86. The molecule has 0 spiro atoms. The number of carbonyl (C=O) groups is 1. The molecule has 1 aromatic rings. The number of carbonyl (C=O) groups excluding carboxylic acids is 1. The summed E-state index contributed by atoms with van der Waals surface area (Å²) in [5.74, 6) is -3.63. The maximum absolute atomic E-state index is 13.4. The maximum atomic E-state index is 13.4. The molecule has 0 aliphatic carbocycles. The number of amides is 1. The third kappa shape index (κ3) is 4.24. The summed E-state index contributed by atoms with van der Waals surface area (Å²) in [6.07, 6.45) is -7.55. The zero-order valence-electron chi connectivity index (χ0n) is 30.0. The predicted molar refractivity (Wildman–Crippen MR) is 97.7 cm³/mol. The van der Waals surface area contributed by atoms with E-state index < -0.39 is 113 Å². The van der Waals surface area contributed by atoms with Gasteiger partial charge in [-0.2, -0.15) is 0 Å². The van der Waals surface area contributed by atoms with E-state index in [1.54, 1.807) is 5.32 Å². The molecule has 3 N–H and O–H groups in total. The van der Waals surface area contributed by atoms with E-state index in [1.165, 1.54) is 0 Å². The van der Waals surface area contributed by atoms with Crippen LogP contribution in [0.2, 0.25) is 0 Å². The number of hydrogen-bond donors (Lipinski definition) is 2. The molecule has 1 atom stereocenters. The Morgan fingerprint density at radius 2 is 2.48 bits per heavy atom. The summed E-state index contributed by atoms with van der Waals surface area (Å²) in [6.45, 7) is -12.0. The molecule has 1 saturated heterocycles. The Labute approximate surface area is 173 Å². The van der Waals surface area contributed by atoms with Crippen LogP contribution in [0.15, 0.2) is 17.0 Å². The highest BCUT2D eigenvalue weighted by atomic mass is 32.2.